The number of rotatable bonds is 2. The quantitative estimate of drug-likeness (QED) is 0.392. The van der Waals surface area contributed by atoms with Gasteiger partial charge in [0.15, 0.2) is 0 Å². The summed E-state index contributed by atoms with van der Waals surface area (Å²) in [5.41, 5.74) is 9.31. The minimum absolute atomic E-state index is 0. The van der Waals surface area contributed by atoms with Crippen LogP contribution in [0.1, 0.15) is 83.8 Å². The molecule has 0 radical (unpaired) electrons. The molecule has 0 heterocycles. The van der Waals surface area contributed by atoms with Gasteiger partial charge in [0.2, 0.25) is 0 Å². The molecule has 4 fully saturated rings. The maximum absolute atomic E-state index is 3.57. The summed E-state index contributed by atoms with van der Waals surface area (Å²) in [6.45, 7) is 8.79. The normalized spacial score (nSPS) is 29.1. The van der Waals surface area contributed by atoms with Crippen LogP contribution in [0.4, 0.5) is 0 Å². The van der Waals surface area contributed by atoms with Crippen molar-refractivity contribution in [2.45, 2.75) is 79.1 Å². The van der Waals surface area contributed by atoms with Crippen LogP contribution in [0.5, 0.6) is 0 Å². The first-order valence-corrected chi connectivity index (χ1v) is 14.9. The van der Waals surface area contributed by atoms with Gasteiger partial charge in [0, 0.05) is 0 Å². The predicted molar refractivity (Wildman–Crippen MR) is 145 cm³/mol. The second kappa shape index (κ2) is 13.1. The van der Waals surface area contributed by atoms with E-state index in [1.54, 1.807) is 68.3 Å². The third kappa shape index (κ3) is 7.26. The first kappa shape index (κ1) is 30.8. The molecule has 37 heavy (non-hydrogen) atoms. The maximum atomic E-state index is 3.57. The van der Waals surface area contributed by atoms with Gasteiger partial charge in [-0.1, -0.05) is 61.6 Å². The number of benzene rings is 2. The summed E-state index contributed by atoms with van der Waals surface area (Å²) >= 11 is 1.55. The average Bonchev–Trinajstić information content (AvgIpc) is 3.31. The van der Waals surface area contributed by atoms with Gasteiger partial charge in [-0.05, 0) is 68.1 Å². The largest absolute Gasteiger partial charge is 1.00 e. The molecule has 3 heteroatoms. The summed E-state index contributed by atoms with van der Waals surface area (Å²) in [6, 6.07) is 18.1. The number of allylic oxidation sites excluding steroid dienone is 4. The Bertz CT molecular complexity index is 1080. The Morgan fingerprint density at radius 2 is 1.49 bits per heavy atom. The summed E-state index contributed by atoms with van der Waals surface area (Å²) in [5.74, 6) is 3.82. The van der Waals surface area contributed by atoms with Gasteiger partial charge < -0.3 is 24.8 Å². The van der Waals surface area contributed by atoms with E-state index in [0.29, 0.717) is 11.3 Å². The van der Waals surface area contributed by atoms with E-state index in [2.05, 4.69) is 82.3 Å². The van der Waals surface area contributed by atoms with Crippen LogP contribution in [0.25, 0.3) is 11.1 Å². The van der Waals surface area contributed by atoms with Crippen LogP contribution in [-0.4, -0.2) is 3.21 Å². The summed E-state index contributed by atoms with van der Waals surface area (Å²) < 4.78 is 1.51. The molecule has 0 nitrogen and oxygen atoms in total. The smallest absolute Gasteiger partial charge is 0.0253 e. The summed E-state index contributed by atoms with van der Waals surface area (Å²) in [5, 5.41) is 0. The first-order valence-electron chi connectivity index (χ1n) is 13.7. The van der Waals surface area contributed by atoms with Gasteiger partial charge >= 0.3 is 41.3 Å². The van der Waals surface area contributed by atoms with Crippen molar-refractivity contribution in [1.82, 2.24) is 0 Å². The third-order valence-electron chi connectivity index (χ3n) is 8.72. The molecule has 6 aliphatic carbocycles. The van der Waals surface area contributed by atoms with Crippen molar-refractivity contribution in [3.05, 3.63) is 83.0 Å². The zero-order valence-electron chi connectivity index (χ0n) is 22.8. The van der Waals surface area contributed by atoms with E-state index in [9.17, 15) is 0 Å². The Morgan fingerprint density at radius 1 is 0.919 bits per heavy atom. The molecule has 6 aliphatic rings. The van der Waals surface area contributed by atoms with Crippen LogP contribution in [0, 0.1) is 41.2 Å². The molecule has 0 spiro atoms. The molecule has 0 saturated heterocycles. The molecule has 196 valence electrons. The van der Waals surface area contributed by atoms with Crippen LogP contribution < -0.4 is 24.8 Å². The minimum atomic E-state index is 0. The van der Waals surface area contributed by atoms with Crippen molar-refractivity contribution in [2.24, 2.45) is 29.1 Å². The predicted octanol–water partition coefficient (Wildman–Crippen LogP) is 2.73. The zero-order valence-corrected chi connectivity index (χ0v) is 26.8. The van der Waals surface area contributed by atoms with E-state index in [1.807, 2.05) is 6.07 Å². The number of fused-ring (bicyclic) bond motifs is 3. The van der Waals surface area contributed by atoms with Gasteiger partial charge in [0.1, 0.15) is 0 Å². The number of hydrogen-bond acceptors (Lipinski definition) is 0. The van der Waals surface area contributed by atoms with Crippen molar-refractivity contribution in [3.8, 4) is 11.1 Å². The maximum Gasteiger partial charge on any atom is -0.0253 e. The fraction of sp³-hybridized carbons (Fsp3) is 0.500. The van der Waals surface area contributed by atoms with Crippen molar-refractivity contribution in [3.63, 3.8) is 0 Å². The average molecular weight is 611 g/mol. The van der Waals surface area contributed by atoms with Gasteiger partial charge in [0.25, 0.3) is 0 Å². The topological polar surface area (TPSA) is 0 Å². The zero-order chi connectivity index (χ0) is 24.6. The van der Waals surface area contributed by atoms with Crippen molar-refractivity contribution in [2.75, 3.05) is 0 Å². The molecule has 2 aromatic rings. The van der Waals surface area contributed by atoms with E-state index in [-0.39, 0.29) is 24.8 Å². The Morgan fingerprint density at radius 3 is 2.05 bits per heavy atom. The summed E-state index contributed by atoms with van der Waals surface area (Å²) in [6.07, 6.45) is 17.8. The van der Waals surface area contributed by atoms with Gasteiger partial charge in [-0.2, -0.15) is 41.5 Å². The van der Waals surface area contributed by atoms with Crippen molar-refractivity contribution < 1.29 is 49.0 Å². The van der Waals surface area contributed by atoms with Gasteiger partial charge in [-0.3, -0.25) is 6.08 Å². The Hall–Kier alpha value is -0.747. The van der Waals surface area contributed by atoms with Gasteiger partial charge in [-0.15, -0.1) is 5.56 Å². The Kier molecular flexibility index (Phi) is 10.9. The van der Waals surface area contributed by atoms with E-state index in [4.69, 9.17) is 0 Å². The van der Waals surface area contributed by atoms with E-state index < -0.39 is 0 Å². The fourth-order valence-electron chi connectivity index (χ4n) is 8.00. The SMILES string of the molecule is CC1=[C-]C(C)C=C1CC12CC3CC(CC(C3)C1)C2.C[C](C)=[Zr+2].[Cl-].[Cl-].[c-]1cccc2c1Cc1ccccc1-2. The van der Waals surface area contributed by atoms with Crippen LogP contribution in [0.2, 0.25) is 0 Å². The first-order chi connectivity index (χ1) is 16.8. The van der Waals surface area contributed by atoms with Gasteiger partial charge in [0.05, 0.1) is 0 Å². The van der Waals surface area contributed by atoms with Crippen molar-refractivity contribution >= 4 is 3.21 Å². The standard InChI is InChI=1S/C18H25.C13H9.C3H6.2ClH.Zr/c1-12-3-13(2)17(4-12)11-18-8-14-5-15(9-18)7-16(6-14)10-18;1-3-7-12-10(5-1)9-11-6-2-4-8-13(11)12;1-3-2;;;/h4,12,14-16H,5-11H2,1-2H3;1-5,7-8H,9H2;1-2H3;2*1H;/q2*-1;;;;+2/p-2. The second-order valence-corrected chi connectivity index (χ2v) is 14.7. The van der Waals surface area contributed by atoms with Crippen LogP contribution in [0.3, 0.4) is 0 Å². The second-order valence-electron chi connectivity index (χ2n) is 12.2. The molecule has 0 N–H and O–H groups in total. The molecular weight excluding hydrogens is 571 g/mol. The Labute approximate surface area is 252 Å². The molecule has 0 aliphatic heterocycles. The molecular formula is C34H40Cl2Zr-2. The molecule has 4 bridgehead atoms. The Balaban J connectivity index is 0.000000178. The van der Waals surface area contributed by atoms with Crippen LogP contribution >= 0.6 is 0 Å². The van der Waals surface area contributed by atoms with E-state index >= 15 is 0 Å². The van der Waals surface area contributed by atoms with E-state index in [0.717, 1.165) is 24.2 Å². The molecule has 8 rings (SSSR count). The summed E-state index contributed by atoms with van der Waals surface area (Å²) in [7, 11) is 0. The molecule has 0 amide bonds. The van der Waals surface area contributed by atoms with Crippen molar-refractivity contribution in [1.29, 1.82) is 0 Å². The third-order valence-corrected chi connectivity index (χ3v) is 8.72. The van der Waals surface area contributed by atoms with Gasteiger partial charge in [-0.25, -0.2) is 5.57 Å². The monoisotopic (exact) mass is 608 g/mol. The molecule has 1 unspecified atom stereocenters. The molecule has 1 atom stereocenters. The molecule has 2 aromatic carbocycles. The van der Waals surface area contributed by atoms with Crippen LogP contribution in [0.15, 0.2) is 59.7 Å². The fourth-order valence-corrected chi connectivity index (χ4v) is 8.00. The van der Waals surface area contributed by atoms with E-state index in [1.165, 1.54) is 37.5 Å². The number of halogens is 2. The number of hydrogen-bond donors (Lipinski definition) is 0. The molecule has 0 aromatic heterocycles. The minimum Gasteiger partial charge on any atom is -1.00 e. The summed E-state index contributed by atoms with van der Waals surface area (Å²) in [4.78, 5) is 0. The van der Waals surface area contributed by atoms with Crippen LogP contribution in [-0.2, 0) is 30.7 Å². The molecule has 4 saturated carbocycles.